The van der Waals surface area contributed by atoms with Gasteiger partial charge in [0.2, 0.25) is 5.95 Å². The van der Waals surface area contributed by atoms with Crippen LogP contribution in [0.3, 0.4) is 0 Å². The lowest BCUT2D eigenvalue weighted by atomic mass is 10.2. The number of aryl methyl sites for hydroxylation is 1. The lowest BCUT2D eigenvalue weighted by Crippen LogP contribution is -2.00. The van der Waals surface area contributed by atoms with Gasteiger partial charge in [0.15, 0.2) is 0 Å². The van der Waals surface area contributed by atoms with Crippen molar-refractivity contribution in [3.8, 4) is 11.8 Å². The summed E-state index contributed by atoms with van der Waals surface area (Å²) in [5.41, 5.74) is 9.06. The van der Waals surface area contributed by atoms with Crippen LogP contribution in [0, 0.1) is 24.1 Å². The topological polar surface area (TPSA) is 67.6 Å². The fourth-order valence-corrected chi connectivity index (χ4v) is 2.18. The van der Waals surface area contributed by atoms with Crippen LogP contribution < -0.4 is 5.73 Å². The average molecular weight is 266 g/mol. The summed E-state index contributed by atoms with van der Waals surface area (Å²) in [7, 11) is 0. The highest BCUT2D eigenvalue weighted by Gasteiger charge is 2.12. The Morgan fingerprint density at radius 1 is 1.25 bits per heavy atom. The fourth-order valence-electron chi connectivity index (χ4n) is 2.18. The maximum atomic E-state index is 13.6. The zero-order valence-corrected chi connectivity index (χ0v) is 10.8. The van der Waals surface area contributed by atoms with Crippen LogP contribution in [0.25, 0.3) is 16.7 Å². The van der Waals surface area contributed by atoms with Gasteiger partial charge < -0.3 is 5.73 Å². The quantitative estimate of drug-likeness (QED) is 0.736. The first-order valence-electron chi connectivity index (χ1n) is 6.05. The molecule has 0 spiro atoms. The van der Waals surface area contributed by atoms with Crippen LogP contribution in [0.5, 0.6) is 0 Å². The number of nitriles is 1. The minimum atomic E-state index is -0.304. The van der Waals surface area contributed by atoms with E-state index in [2.05, 4.69) is 11.1 Å². The summed E-state index contributed by atoms with van der Waals surface area (Å²) >= 11 is 0. The third-order valence-corrected chi connectivity index (χ3v) is 3.22. The van der Waals surface area contributed by atoms with Gasteiger partial charge in [-0.3, -0.25) is 4.57 Å². The minimum absolute atomic E-state index is 0.287. The first-order chi connectivity index (χ1) is 9.60. The molecule has 2 N–H and O–H groups in total. The molecular formula is C15H11FN4. The summed E-state index contributed by atoms with van der Waals surface area (Å²) in [6.45, 7) is 1.70. The fraction of sp³-hybridized carbons (Fsp3) is 0.0667. The van der Waals surface area contributed by atoms with Gasteiger partial charge in [0.05, 0.1) is 22.7 Å². The van der Waals surface area contributed by atoms with Crippen LogP contribution in [0.1, 0.15) is 11.1 Å². The number of halogens is 1. The van der Waals surface area contributed by atoms with Gasteiger partial charge in [0.25, 0.3) is 0 Å². The second-order valence-corrected chi connectivity index (χ2v) is 4.55. The summed E-state index contributed by atoms with van der Waals surface area (Å²) in [5.74, 6) is -0.0170. The number of nitrogens with two attached hydrogens (primary N) is 1. The molecule has 98 valence electrons. The Morgan fingerprint density at radius 3 is 2.60 bits per heavy atom. The van der Waals surface area contributed by atoms with Crippen LogP contribution in [0.15, 0.2) is 36.4 Å². The number of fused-ring (bicyclic) bond motifs is 1. The molecule has 1 heterocycles. The first-order valence-corrected chi connectivity index (χ1v) is 6.05. The molecule has 0 saturated heterocycles. The summed E-state index contributed by atoms with van der Waals surface area (Å²) in [5, 5.41) is 8.82. The maximum Gasteiger partial charge on any atom is 0.205 e. The lowest BCUT2D eigenvalue weighted by Gasteiger charge is -2.07. The molecule has 2 aromatic carbocycles. The van der Waals surface area contributed by atoms with Gasteiger partial charge in [-0.15, -0.1) is 0 Å². The van der Waals surface area contributed by atoms with E-state index in [9.17, 15) is 4.39 Å². The van der Waals surface area contributed by atoms with Crippen LogP contribution in [-0.2, 0) is 0 Å². The van der Waals surface area contributed by atoms with Crippen LogP contribution in [0.2, 0.25) is 0 Å². The zero-order valence-electron chi connectivity index (χ0n) is 10.8. The molecule has 20 heavy (non-hydrogen) atoms. The molecule has 5 heteroatoms. The number of rotatable bonds is 1. The zero-order chi connectivity index (χ0) is 14.3. The molecule has 4 nitrogen and oxygen atoms in total. The minimum Gasteiger partial charge on any atom is -0.369 e. The van der Waals surface area contributed by atoms with Crippen LogP contribution in [0.4, 0.5) is 10.3 Å². The van der Waals surface area contributed by atoms with Gasteiger partial charge >= 0.3 is 0 Å². The Balaban J connectivity index is 2.27. The highest BCUT2D eigenvalue weighted by Crippen LogP contribution is 2.25. The average Bonchev–Trinajstić information content (AvgIpc) is 2.75. The summed E-state index contributed by atoms with van der Waals surface area (Å²) in [6.07, 6.45) is 0. The van der Waals surface area contributed by atoms with Crippen molar-refractivity contribution in [2.24, 2.45) is 0 Å². The predicted octanol–water partition coefficient (Wildman–Crippen LogP) is 2.93. The molecule has 0 bridgehead atoms. The number of nitrogen functional groups attached to an aromatic ring is 1. The van der Waals surface area contributed by atoms with E-state index >= 15 is 0 Å². The molecule has 0 fully saturated rings. The number of imidazole rings is 1. The normalized spacial score (nSPS) is 10.7. The van der Waals surface area contributed by atoms with E-state index in [4.69, 9.17) is 11.0 Å². The first kappa shape index (κ1) is 12.2. The van der Waals surface area contributed by atoms with Gasteiger partial charge in [-0.1, -0.05) is 0 Å². The lowest BCUT2D eigenvalue weighted by molar-refractivity contribution is 0.620. The van der Waals surface area contributed by atoms with E-state index in [1.165, 1.54) is 6.07 Å². The van der Waals surface area contributed by atoms with E-state index in [0.717, 1.165) is 11.2 Å². The molecule has 0 aliphatic carbocycles. The van der Waals surface area contributed by atoms with E-state index in [1.54, 1.807) is 41.8 Å². The van der Waals surface area contributed by atoms with Crippen molar-refractivity contribution >= 4 is 17.0 Å². The highest BCUT2D eigenvalue weighted by atomic mass is 19.1. The Labute approximate surface area is 114 Å². The number of benzene rings is 2. The molecular weight excluding hydrogens is 255 g/mol. The largest absolute Gasteiger partial charge is 0.369 e. The van der Waals surface area contributed by atoms with Gasteiger partial charge in [0.1, 0.15) is 5.82 Å². The second kappa shape index (κ2) is 4.35. The summed E-state index contributed by atoms with van der Waals surface area (Å²) in [4.78, 5) is 4.17. The van der Waals surface area contributed by atoms with Crippen LogP contribution >= 0.6 is 0 Å². The molecule has 0 atom stereocenters. The molecule has 0 unspecified atom stereocenters. The van der Waals surface area contributed by atoms with E-state index in [0.29, 0.717) is 16.6 Å². The third-order valence-electron chi connectivity index (χ3n) is 3.22. The van der Waals surface area contributed by atoms with Crippen molar-refractivity contribution in [1.82, 2.24) is 9.55 Å². The Kier molecular flexibility index (Phi) is 2.65. The molecule has 1 aromatic heterocycles. The SMILES string of the molecule is Cc1cc2c(cc1F)nc(N)n2-c1ccc(C#N)cc1. The monoisotopic (exact) mass is 266 g/mol. The second-order valence-electron chi connectivity index (χ2n) is 4.55. The molecule has 0 radical (unpaired) electrons. The van der Waals surface area contributed by atoms with Gasteiger partial charge in [-0.05, 0) is 42.8 Å². The number of anilines is 1. The molecule has 3 rings (SSSR count). The Bertz CT molecular complexity index is 841. The molecule has 3 aromatic rings. The van der Waals surface area contributed by atoms with Crippen molar-refractivity contribution in [2.45, 2.75) is 6.92 Å². The van der Waals surface area contributed by atoms with Crippen LogP contribution in [-0.4, -0.2) is 9.55 Å². The smallest absolute Gasteiger partial charge is 0.205 e. The van der Waals surface area contributed by atoms with Crippen molar-refractivity contribution < 1.29 is 4.39 Å². The van der Waals surface area contributed by atoms with Gasteiger partial charge in [0, 0.05) is 11.8 Å². The summed E-state index contributed by atoms with van der Waals surface area (Å²) in [6, 6.07) is 12.1. The van der Waals surface area contributed by atoms with E-state index < -0.39 is 0 Å². The van der Waals surface area contributed by atoms with E-state index in [-0.39, 0.29) is 11.8 Å². The van der Waals surface area contributed by atoms with Gasteiger partial charge in [-0.2, -0.15) is 5.26 Å². The van der Waals surface area contributed by atoms with Crippen molar-refractivity contribution in [3.05, 3.63) is 53.3 Å². The number of nitrogens with zero attached hydrogens (tertiary/aromatic N) is 3. The van der Waals surface area contributed by atoms with Gasteiger partial charge in [-0.25, -0.2) is 9.37 Å². The number of hydrogen-bond acceptors (Lipinski definition) is 3. The van der Waals surface area contributed by atoms with Crippen molar-refractivity contribution in [2.75, 3.05) is 5.73 Å². The Morgan fingerprint density at radius 2 is 1.95 bits per heavy atom. The van der Waals surface area contributed by atoms with Crippen molar-refractivity contribution in [3.63, 3.8) is 0 Å². The molecule has 0 aliphatic rings. The molecule has 0 amide bonds. The highest BCUT2D eigenvalue weighted by molar-refractivity contribution is 5.81. The number of hydrogen-bond donors (Lipinski definition) is 1. The van der Waals surface area contributed by atoms with Crippen molar-refractivity contribution in [1.29, 1.82) is 5.26 Å². The number of aromatic nitrogens is 2. The maximum absolute atomic E-state index is 13.6. The predicted molar refractivity (Wildman–Crippen MR) is 74.9 cm³/mol. The Hall–Kier alpha value is -2.87. The summed E-state index contributed by atoms with van der Waals surface area (Å²) < 4.78 is 15.3. The molecule has 0 aliphatic heterocycles. The molecule has 0 saturated carbocycles. The van der Waals surface area contributed by atoms with E-state index in [1.807, 2.05) is 0 Å². The third kappa shape index (κ3) is 1.79. The standard InChI is InChI=1S/C15H11FN4/c1-9-6-14-13(7-12(9)16)19-15(18)20(14)11-4-2-10(8-17)3-5-11/h2-7H,1H3,(H2,18,19).